The Morgan fingerprint density at radius 1 is 1.20 bits per heavy atom. The number of rotatable bonds is 6. The third kappa shape index (κ3) is 3.26. The second-order valence-corrected chi connectivity index (χ2v) is 4.35. The lowest BCUT2D eigenvalue weighted by molar-refractivity contribution is 0.389. The molecule has 0 saturated carbocycles. The van der Waals surface area contributed by atoms with Crippen molar-refractivity contribution in [3.63, 3.8) is 0 Å². The number of methoxy groups -OCH3 is 2. The summed E-state index contributed by atoms with van der Waals surface area (Å²) >= 11 is 0. The van der Waals surface area contributed by atoms with Gasteiger partial charge in [-0.05, 0) is 30.3 Å². The van der Waals surface area contributed by atoms with Crippen LogP contribution in [0.5, 0.6) is 11.5 Å². The minimum atomic E-state index is -0.102. The summed E-state index contributed by atoms with van der Waals surface area (Å²) in [5.74, 6) is 7.23. The summed E-state index contributed by atoms with van der Waals surface area (Å²) in [6.07, 6.45) is 2.44. The van der Waals surface area contributed by atoms with Gasteiger partial charge in [0.2, 0.25) is 0 Å². The van der Waals surface area contributed by atoms with Gasteiger partial charge >= 0.3 is 0 Å². The molecular weight excluding hydrogens is 254 g/mol. The number of ether oxygens (including phenoxy) is 2. The first-order chi connectivity index (χ1) is 9.78. The second-order valence-electron chi connectivity index (χ2n) is 4.35. The number of benzene rings is 1. The molecule has 0 fully saturated rings. The molecule has 3 N–H and O–H groups in total. The Hall–Kier alpha value is -2.11. The van der Waals surface area contributed by atoms with Gasteiger partial charge in [-0.15, -0.1) is 0 Å². The van der Waals surface area contributed by atoms with Gasteiger partial charge in [-0.3, -0.25) is 16.3 Å². The highest BCUT2D eigenvalue weighted by atomic mass is 16.5. The molecule has 0 aliphatic rings. The van der Waals surface area contributed by atoms with Crippen LogP contribution in [0.15, 0.2) is 42.6 Å². The van der Waals surface area contributed by atoms with E-state index in [1.54, 1.807) is 20.4 Å². The van der Waals surface area contributed by atoms with E-state index in [0.717, 1.165) is 22.8 Å². The average Bonchev–Trinajstić information content (AvgIpc) is 2.53. The molecule has 0 radical (unpaired) electrons. The molecule has 2 aromatic rings. The lowest BCUT2D eigenvalue weighted by Gasteiger charge is -2.19. The number of nitrogens with zero attached hydrogens (tertiary/aromatic N) is 1. The molecule has 0 aliphatic heterocycles. The van der Waals surface area contributed by atoms with E-state index in [4.69, 9.17) is 15.3 Å². The van der Waals surface area contributed by atoms with E-state index in [9.17, 15) is 0 Å². The van der Waals surface area contributed by atoms with Gasteiger partial charge in [0.1, 0.15) is 11.5 Å². The SMILES string of the molecule is COc1ccc(OC)c(C(Cc2ccccn2)NN)c1. The van der Waals surface area contributed by atoms with Crippen LogP contribution < -0.4 is 20.7 Å². The first-order valence-corrected chi connectivity index (χ1v) is 6.36. The van der Waals surface area contributed by atoms with Crippen molar-refractivity contribution in [1.82, 2.24) is 10.4 Å². The molecule has 0 saturated heterocycles. The van der Waals surface area contributed by atoms with Crippen molar-refractivity contribution >= 4 is 0 Å². The van der Waals surface area contributed by atoms with Gasteiger partial charge in [-0.1, -0.05) is 6.07 Å². The largest absolute Gasteiger partial charge is 0.497 e. The number of hydrazine groups is 1. The van der Waals surface area contributed by atoms with Gasteiger partial charge in [0.15, 0.2) is 0 Å². The number of pyridine rings is 1. The summed E-state index contributed by atoms with van der Waals surface area (Å²) in [5, 5.41) is 0. The maximum atomic E-state index is 5.69. The van der Waals surface area contributed by atoms with Crippen LogP contribution in [0.1, 0.15) is 17.3 Å². The van der Waals surface area contributed by atoms with Crippen molar-refractivity contribution < 1.29 is 9.47 Å². The fraction of sp³-hybridized carbons (Fsp3) is 0.267. The predicted molar refractivity (Wildman–Crippen MR) is 77.6 cm³/mol. The molecule has 1 atom stereocenters. The summed E-state index contributed by atoms with van der Waals surface area (Å²) in [5.41, 5.74) is 4.72. The topological polar surface area (TPSA) is 69.4 Å². The predicted octanol–water partition coefficient (Wildman–Crippen LogP) is 1.85. The van der Waals surface area contributed by atoms with Gasteiger partial charge in [0, 0.05) is 23.9 Å². The number of hydrogen-bond donors (Lipinski definition) is 2. The molecule has 1 aromatic carbocycles. The van der Waals surface area contributed by atoms with Gasteiger partial charge in [0.25, 0.3) is 0 Å². The van der Waals surface area contributed by atoms with Crippen LogP contribution in [0.4, 0.5) is 0 Å². The molecule has 1 unspecified atom stereocenters. The molecule has 0 amide bonds. The Kier molecular flexibility index (Phi) is 4.92. The monoisotopic (exact) mass is 273 g/mol. The van der Waals surface area contributed by atoms with Crippen molar-refractivity contribution in [1.29, 1.82) is 0 Å². The second kappa shape index (κ2) is 6.88. The highest BCUT2D eigenvalue weighted by molar-refractivity contribution is 5.42. The van der Waals surface area contributed by atoms with E-state index < -0.39 is 0 Å². The zero-order valence-electron chi connectivity index (χ0n) is 11.7. The average molecular weight is 273 g/mol. The van der Waals surface area contributed by atoms with Crippen LogP contribution in [0.3, 0.4) is 0 Å². The molecule has 5 nitrogen and oxygen atoms in total. The lowest BCUT2D eigenvalue weighted by Crippen LogP contribution is -2.30. The van der Waals surface area contributed by atoms with E-state index in [0.29, 0.717) is 6.42 Å². The highest BCUT2D eigenvalue weighted by Gasteiger charge is 2.17. The van der Waals surface area contributed by atoms with E-state index in [1.807, 2.05) is 36.4 Å². The summed E-state index contributed by atoms with van der Waals surface area (Å²) in [6, 6.07) is 11.4. The fourth-order valence-electron chi connectivity index (χ4n) is 2.10. The van der Waals surface area contributed by atoms with Gasteiger partial charge in [-0.25, -0.2) is 0 Å². The van der Waals surface area contributed by atoms with Crippen LogP contribution in [-0.4, -0.2) is 19.2 Å². The summed E-state index contributed by atoms with van der Waals surface area (Å²) < 4.78 is 10.7. The zero-order valence-corrected chi connectivity index (χ0v) is 11.7. The standard InChI is InChI=1S/C15H19N3O2/c1-19-12-6-7-15(20-2)13(10-12)14(18-16)9-11-5-3-4-8-17-11/h3-8,10,14,18H,9,16H2,1-2H3. The smallest absolute Gasteiger partial charge is 0.123 e. The van der Waals surface area contributed by atoms with Crippen molar-refractivity contribution in [2.24, 2.45) is 5.84 Å². The quantitative estimate of drug-likeness (QED) is 0.621. The van der Waals surface area contributed by atoms with Crippen LogP contribution in [0.2, 0.25) is 0 Å². The number of nitrogens with two attached hydrogens (primary N) is 1. The van der Waals surface area contributed by atoms with Crippen molar-refractivity contribution in [3.05, 3.63) is 53.9 Å². The normalized spacial score (nSPS) is 11.9. The van der Waals surface area contributed by atoms with Crippen LogP contribution >= 0.6 is 0 Å². The molecule has 5 heteroatoms. The van der Waals surface area contributed by atoms with Crippen molar-refractivity contribution in [3.8, 4) is 11.5 Å². The third-order valence-electron chi connectivity index (χ3n) is 3.15. The summed E-state index contributed by atoms with van der Waals surface area (Å²) in [7, 11) is 3.27. The minimum Gasteiger partial charge on any atom is -0.497 e. The highest BCUT2D eigenvalue weighted by Crippen LogP contribution is 2.30. The van der Waals surface area contributed by atoms with Crippen LogP contribution in [0, 0.1) is 0 Å². The Bertz CT molecular complexity index is 546. The molecule has 106 valence electrons. The molecule has 1 aromatic heterocycles. The Balaban J connectivity index is 2.30. The van der Waals surface area contributed by atoms with Crippen LogP contribution in [-0.2, 0) is 6.42 Å². The molecule has 0 aliphatic carbocycles. The van der Waals surface area contributed by atoms with E-state index >= 15 is 0 Å². The fourth-order valence-corrected chi connectivity index (χ4v) is 2.10. The lowest BCUT2D eigenvalue weighted by atomic mass is 10.0. The third-order valence-corrected chi connectivity index (χ3v) is 3.15. The summed E-state index contributed by atoms with van der Waals surface area (Å²) in [6.45, 7) is 0. The Morgan fingerprint density at radius 2 is 2.05 bits per heavy atom. The molecule has 0 spiro atoms. The molecule has 2 rings (SSSR count). The number of aromatic nitrogens is 1. The zero-order chi connectivity index (χ0) is 14.4. The van der Waals surface area contributed by atoms with Gasteiger partial charge in [-0.2, -0.15) is 0 Å². The number of nitrogens with one attached hydrogen (secondary N) is 1. The molecule has 20 heavy (non-hydrogen) atoms. The maximum absolute atomic E-state index is 5.69. The van der Waals surface area contributed by atoms with Crippen LogP contribution in [0.25, 0.3) is 0 Å². The van der Waals surface area contributed by atoms with Crippen molar-refractivity contribution in [2.45, 2.75) is 12.5 Å². The number of hydrogen-bond acceptors (Lipinski definition) is 5. The van der Waals surface area contributed by atoms with Gasteiger partial charge < -0.3 is 9.47 Å². The maximum Gasteiger partial charge on any atom is 0.123 e. The van der Waals surface area contributed by atoms with E-state index in [1.165, 1.54) is 0 Å². The molecule has 0 bridgehead atoms. The Labute approximate surface area is 118 Å². The minimum absolute atomic E-state index is 0.102. The summed E-state index contributed by atoms with van der Waals surface area (Å²) in [4.78, 5) is 4.32. The van der Waals surface area contributed by atoms with E-state index in [-0.39, 0.29) is 6.04 Å². The Morgan fingerprint density at radius 3 is 2.65 bits per heavy atom. The van der Waals surface area contributed by atoms with E-state index in [2.05, 4.69) is 10.4 Å². The van der Waals surface area contributed by atoms with Gasteiger partial charge in [0.05, 0.1) is 20.3 Å². The van der Waals surface area contributed by atoms with Crippen molar-refractivity contribution in [2.75, 3.05) is 14.2 Å². The molecule has 1 heterocycles. The first kappa shape index (κ1) is 14.3. The molecular formula is C15H19N3O2. The first-order valence-electron chi connectivity index (χ1n) is 6.36.